The molecule has 0 radical (unpaired) electrons. The van der Waals surface area contributed by atoms with Crippen LogP contribution >= 0.6 is 11.3 Å². The van der Waals surface area contributed by atoms with Crippen LogP contribution in [0.1, 0.15) is 48.1 Å². The first-order valence-corrected chi connectivity index (χ1v) is 11.2. The first kappa shape index (κ1) is 18.6. The number of aryl methyl sites for hydroxylation is 1. The van der Waals surface area contributed by atoms with Gasteiger partial charge in [-0.15, -0.1) is 11.3 Å². The van der Waals surface area contributed by atoms with E-state index in [1.165, 1.54) is 26.9 Å². The Balaban J connectivity index is 1.33. The molecule has 150 valence electrons. The number of hydrogen-bond donors (Lipinski definition) is 3. The van der Waals surface area contributed by atoms with Crippen molar-refractivity contribution in [2.75, 3.05) is 6.54 Å². The predicted octanol–water partition coefficient (Wildman–Crippen LogP) is 4.48. The summed E-state index contributed by atoms with van der Waals surface area (Å²) in [5, 5.41) is 5.62. The molecule has 0 saturated carbocycles. The van der Waals surface area contributed by atoms with Gasteiger partial charge in [-0.2, -0.15) is 0 Å². The molecular weight excluding hydrogens is 380 g/mol. The molecule has 3 heterocycles. The van der Waals surface area contributed by atoms with Gasteiger partial charge in [-0.25, -0.2) is 4.98 Å². The molecule has 0 fully saturated rings. The average molecular weight is 407 g/mol. The van der Waals surface area contributed by atoms with Crippen LogP contribution in [-0.4, -0.2) is 21.5 Å². The Morgan fingerprint density at radius 2 is 2.21 bits per heavy atom. The standard InChI is InChI=1S/C23H26N4OS/c1-13-7-8-17-19(11-13)29-23-20(17)22(28)26-21(27-23)14(2)24-10-9-15-12-25-18-6-4-3-5-16(15)18/h3-6,12-14,24-25H,7-11H2,1-2H3,(H,26,27,28)/t13-,14+/m0/s1. The highest BCUT2D eigenvalue weighted by atomic mass is 32.1. The molecule has 2 atom stereocenters. The molecule has 6 heteroatoms. The minimum absolute atomic E-state index is 0.00430. The van der Waals surface area contributed by atoms with Gasteiger partial charge in [0.15, 0.2) is 0 Å². The molecule has 1 aliphatic carbocycles. The second kappa shape index (κ2) is 7.43. The number of rotatable bonds is 5. The van der Waals surface area contributed by atoms with Gasteiger partial charge in [0.25, 0.3) is 5.56 Å². The van der Waals surface area contributed by atoms with Crippen LogP contribution in [0.15, 0.2) is 35.3 Å². The fourth-order valence-electron chi connectivity index (χ4n) is 4.43. The summed E-state index contributed by atoms with van der Waals surface area (Å²) in [4.78, 5) is 26.3. The number of thiophene rings is 1. The van der Waals surface area contributed by atoms with Crippen molar-refractivity contribution in [2.45, 2.75) is 45.6 Å². The molecule has 1 aromatic carbocycles. The van der Waals surface area contributed by atoms with Crippen molar-refractivity contribution in [2.24, 2.45) is 5.92 Å². The van der Waals surface area contributed by atoms with E-state index in [0.717, 1.165) is 48.3 Å². The number of para-hydroxylation sites is 1. The van der Waals surface area contributed by atoms with E-state index in [2.05, 4.69) is 53.5 Å². The van der Waals surface area contributed by atoms with Gasteiger partial charge in [0, 0.05) is 22.0 Å². The molecule has 1 aliphatic rings. The second-order valence-electron chi connectivity index (χ2n) is 8.27. The largest absolute Gasteiger partial charge is 0.361 e. The molecule has 0 bridgehead atoms. The zero-order chi connectivity index (χ0) is 20.0. The summed E-state index contributed by atoms with van der Waals surface area (Å²) in [5.74, 6) is 1.42. The van der Waals surface area contributed by atoms with Gasteiger partial charge in [0.05, 0.1) is 11.4 Å². The summed E-state index contributed by atoms with van der Waals surface area (Å²) in [7, 11) is 0. The van der Waals surface area contributed by atoms with Crippen molar-refractivity contribution in [3.05, 3.63) is 62.6 Å². The number of aromatic nitrogens is 3. The number of H-pyrrole nitrogens is 2. The van der Waals surface area contributed by atoms with Crippen LogP contribution in [0.4, 0.5) is 0 Å². The number of nitrogens with zero attached hydrogens (tertiary/aromatic N) is 1. The number of benzene rings is 1. The smallest absolute Gasteiger partial charge is 0.259 e. The highest BCUT2D eigenvalue weighted by Gasteiger charge is 2.23. The van der Waals surface area contributed by atoms with Gasteiger partial charge in [-0.3, -0.25) is 4.79 Å². The first-order valence-electron chi connectivity index (χ1n) is 10.4. The molecule has 0 aliphatic heterocycles. The van der Waals surface area contributed by atoms with Crippen LogP contribution in [0.5, 0.6) is 0 Å². The average Bonchev–Trinajstić information content (AvgIpc) is 3.28. The molecule has 3 N–H and O–H groups in total. The maximum absolute atomic E-state index is 12.8. The summed E-state index contributed by atoms with van der Waals surface area (Å²) < 4.78 is 0. The van der Waals surface area contributed by atoms with Gasteiger partial charge in [0.1, 0.15) is 10.7 Å². The Kier molecular flexibility index (Phi) is 4.76. The third-order valence-corrected chi connectivity index (χ3v) is 7.26. The van der Waals surface area contributed by atoms with Crippen LogP contribution in [-0.2, 0) is 19.3 Å². The summed E-state index contributed by atoms with van der Waals surface area (Å²) in [5.41, 5.74) is 3.73. The monoisotopic (exact) mass is 406 g/mol. The zero-order valence-electron chi connectivity index (χ0n) is 16.8. The molecular formula is C23H26N4OS. The SMILES string of the molecule is C[C@H]1CCc2c(sc3nc([C@@H](C)NCCc4c[nH]c5ccccc45)[nH]c(=O)c23)C1. The number of nitrogens with one attached hydrogen (secondary N) is 3. The van der Waals surface area contributed by atoms with Crippen LogP contribution < -0.4 is 10.9 Å². The first-order chi connectivity index (χ1) is 14.1. The lowest BCUT2D eigenvalue weighted by molar-refractivity contribution is 0.509. The Bertz CT molecular complexity index is 1230. The van der Waals surface area contributed by atoms with E-state index in [1.54, 1.807) is 11.3 Å². The molecule has 0 amide bonds. The van der Waals surface area contributed by atoms with Gasteiger partial charge in [-0.05, 0) is 62.3 Å². The normalized spacial score (nSPS) is 17.7. The van der Waals surface area contributed by atoms with Crippen molar-refractivity contribution in [1.29, 1.82) is 0 Å². The van der Waals surface area contributed by atoms with E-state index in [9.17, 15) is 4.79 Å². The lowest BCUT2D eigenvalue weighted by Crippen LogP contribution is -2.25. The van der Waals surface area contributed by atoms with E-state index in [0.29, 0.717) is 5.92 Å². The van der Waals surface area contributed by atoms with Crippen molar-refractivity contribution in [1.82, 2.24) is 20.3 Å². The molecule has 3 aromatic heterocycles. The van der Waals surface area contributed by atoms with E-state index >= 15 is 0 Å². The second-order valence-corrected chi connectivity index (χ2v) is 9.35. The van der Waals surface area contributed by atoms with Crippen molar-refractivity contribution in [3.8, 4) is 0 Å². The fraction of sp³-hybridized carbons (Fsp3) is 0.391. The van der Waals surface area contributed by atoms with Crippen molar-refractivity contribution >= 4 is 32.5 Å². The van der Waals surface area contributed by atoms with Crippen molar-refractivity contribution < 1.29 is 0 Å². The number of fused-ring (bicyclic) bond motifs is 4. The lowest BCUT2D eigenvalue weighted by atomic mass is 9.89. The van der Waals surface area contributed by atoms with E-state index < -0.39 is 0 Å². The zero-order valence-corrected chi connectivity index (χ0v) is 17.7. The Labute approximate surface area is 173 Å². The summed E-state index contributed by atoms with van der Waals surface area (Å²) >= 11 is 1.71. The van der Waals surface area contributed by atoms with Crippen LogP contribution in [0.2, 0.25) is 0 Å². The summed E-state index contributed by atoms with van der Waals surface area (Å²) in [6.45, 7) is 5.17. The number of aromatic amines is 2. The van der Waals surface area contributed by atoms with E-state index in [-0.39, 0.29) is 11.6 Å². The topological polar surface area (TPSA) is 73.6 Å². The molecule has 0 spiro atoms. The van der Waals surface area contributed by atoms with Crippen LogP contribution in [0, 0.1) is 5.92 Å². The van der Waals surface area contributed by atoms with Gasteiger partial charge in [-0.1, -0.05) is 25.1 Å². The highest BCUT2D eigenvalue weighted by molar-refractivity contribution is 7.18. The summed E-state index contributed by atoms with van der Waals surface area (Å²) in [6, 6.07) is 8.36. The van der Waals surface area contributed by atoms with Crippen molar-refractivity contribution in [3.63, 3.8) is 0 Å². The maximum Gasteiger partial charge on any atom is 0.259 e. The molecule has 0 saturated heterocycles. The Morgan fingerprint density at radius 3 is 3.10 bits per heavy atom. The van der Waals surface area contributed by atoms with Crippen LogP contribution in [0.25, 0.3) is 21.1 Å². The van der Waals surface area contributed by atoms with Gasteiger partial charge < -0.3 is 15.3 Å². The van der Waals surface area contributed by atoms with Crippen LogP contribution in [0.3, 0.4) is 0 Å². The third kappa shape index (κ3) is 3.40. The predicted molar refractivity (Wildman–Crippen MR) is 120 cm³/mol. The molecule has 5 nitrogen and oxygen atoms in total. The quantitative estimate of drug-likeness (QED) is 0.457. The lowest BCUT2D eigenvalue weighted by Gasteiger charge is -2.17. The van der Waals surface area contributed by atoms with Gasteiger partial charge in [0.2, 0.25) is 0 Å². The Morgan fingerprint density at radius 1 is 1.34 bits per heavy atom. The van der Waals surface area contributed by atoms with E-state index in [1.807, 2.05) is 6.07 Å². The molecule has 4 aromatic rings. The Hall–Kier alpha value is -2.44. The minimum atomic E-state index is -0.00430. The highest BCUT2D eigenvalue weighted by Crippen LogP contribution is 2.35. The third-order valence-electron chi connectivity index (χ3n) is 6.11. The number of hydrogen-bond acceptors (Lipinski definition) is 4. The van der Waals surface area contributed by atoms with E-state index in [4.69, 9.17) is 4.98 Å². The molecule has 29 heavy (non-hydrogen) atoms. The molecule has 5 rings (SSSR count). The molecule has 0 unspecified atom stereocenters. The summed E-state index contributed by atoms with van der Waals surface area (Å²) in [6.07, 6.45) is 6.24. The minimum Gasteiger partial charge on any atom is -0.361 e. The van der Waals surface area contributed by atoms with Gasteiger partial charge >= 0.3 is 0 Å². The maximum atomic E-state index is 12.8. The fourth-order valence-corrected chi connectivity index (χ4v) is 5.82.